The number of hydrogen-bond acceptors (Lipinski definition) is 2. The smallest absolute Gasteiger partial charge is 0.159 e. The minimum absolute atomic E-state index is 0.256. The number of aliphatic hydroxyl groups excluding tert-OH is 1. The van der Waals surface area contributed by atoms with Crippen LogP contribution in [-0.4, -0.2) is 10.7 Å². The molecule has 1 aliphatic heterocycles. The molecule has 0 aromatic heterocycles. The largest absolute Gasteiger partial charge is 0.487 e. The molecule has 4 heteroatoms. The summed E-state index contributed by atoms with van der Waals surface area (Å²) in [6, 6.07) is 8.84. The number of halogens is 2. The molecule has 0 saturated heterocycles. The van der Waals surface area contributed by atoms with Crippen LogP contribution in [0, 0.1) is 11.6 Å². The third kappa shape index (κ3) is 2.63. The molecule has 0 amide bonds. The van der Waals surface area contributed by atoms with E-state index < -0.39 is 17.7 Å². The summed E-state index contributed by atoms with van der Waals surface area (Å²) < 4.78 is 32.0. The van der Waals surface area contributed by atoms with Gasteiger partial charge in [-0.3, -0.25) is 0 Å². The van der Waals surface area contributed by atoms with Gasteiger partial charge in [-0.25, -0.2) is 8.78 Å². The Balaban J connectivity index is 1.93. The van der Waals surface area contributed by atoms with Gasteiger partial charge < -0.3 is 9.84 Å². The van der Waals surface area contributed by atoms with Crippen LogP contribution in [0.5, 0.6) is 5.75 Å². The lowest BCUT2D eigenvalue weighted by Gasteiger charge is -2.16. The molecule has 2 aromatic carbocycles. The van der Waals surface area contributed by atoms with Crippen molar-refractivity contribution in [2.75, 3.05) is 0 Å². The van der Waals surface area contributed by atoms with E-state index in [-0.39, 0.29) is 5.60 Å². The normalized spacial score (nSPS) is 17.2. The predicted octanol–water partition coefficient (Wildman–Crippen LogP) is 3.76. The molecule has 1 heterocycles. The van der Waals surface area contributed by atoms with Gasteiger partial charge in [-0.1, -0.05) is 12.1 Å². The van der Waals surface area contributed by atoms with Crippen LogP contribution in [0.15, 0.2) is 36.4 Å². The van der Waals surface area contributed by atoms with Gasteiger partial charge in [0.15, 0.2) is 11.6 Å². The number of fused-ring (bicyclic) bond motifs is 1. The summed E-state index contributed by atoms with van der Waals surface area (Å²) >= 11 is 0. The second-order valence-corrected chi connectivity index (χ2v) is 5.98. The van der Waals surface area contributed by atoms with Crippen LogP contribution in [0.3, 0.4) is 0 Å². The molecule has 21 heavy (non-hydrogen) atoms. The highest BCUT2D eigenvalue weighted by Crippen LogP contribution is 2.37. The zero-order valence-corrected chi connectivity index (χ0v) is 11.9. The molecular weight excluding hydrogens is 274 g/mol. The van der Waals surface area contributed by atoms with Crippen LogP contribution in [0.1, 0.15) is 36.6 Å². The molecule has 0 saturated carbocycles. The first-order valence-electron chi connectivity index (χ1n) is 6.80. The SMILES string of the molecule is CC1(C)Cc2cc(C(O)c3ccc(F)c(F)c3)ccc2O1. The van der Waals surface area contributed by atoms with Crippen molar-refractivity contribution < 1.29 is 18.6 Å². The molecule has 0 bridgehead atoms. The lowest BCUT2D eigenvalue weighted by molar-refractivity contribution is 0.138. The zero-order chi connectivity index (χ0) is 15.2. The van der Waals surface area contributed by atoms with Gasteiger partial charge in [0.2, 0.25) is 0 Å². The molecule has 2 nitrogen and oxygen atoms in total. The van der Waals surface area contributed by atoms with E-state index in [1.165, 1.54) is 6.07 Å². The van der Waals surface area contributed by atoms with Gasteiger partial charge in [-0.15, -0.1) is 0 Å². The van der Waals surface area contributed by atoms with Gasteiger partial charge in [0.1, 0.15) is 17.5 Å². The van der Waals surface area contributed by atoms with Crippen molar-refractivity contribution in [3.8, 4) is 5.75 Å². The van der Waals surface area contributed by atoms with E-state index in [0.29, 0.717) is 11.1 Å². The molecule has 0 spiro atoms. The molecule has 2 aromatic rings. The van der Waals surface area contributed by atoms with Crippen LogP contribution in [-0.2, 0) is 6.42 Å². The third-order valence-electron chi connectivity index (χ3n) is 3.66. The predicted molar refractivity (Wildman–Crippen MR) is 75.3 cm³/mol. The van der Waals surface area contributed by atoms with Crippen LogP contribution in [0.4, 0.5) is 8.78 Å². The van der Waals surface area contributed by atoms with E-state index in [0.717, 1.165) is 29.9 Å². The van der Waals surface area contributed by atoms with Gasteiger partial charge in [-0.2, -0.15) is 0 Å². The highest BCUT2D eigenvalue weighted by Gasteiger charge is 2.30. The standard InChI is InChI=1S/C17H16F2O2/c1-17(2)9-12-7-10(4-6-15(12)21-17)16(20)11-3-5-13(18)14(19)8-11/h3-8,16,20H,9H2,1-2H3. The van der Waals surface area contributed by atoms with Crippen LogP contribution >= 0.6 is 0 Å². The van der Waals surface area contributed by atoms with Gasteiger partial charge in [-0.05, 0) is 54.8 Å². The summed E-state index contributed by atoms with van der Waals surface area (Å²) in [6.07, 6.45) is -0.241. The van der Waals surface area contributed by atoms with Gasteiger partial charge in [0, 0.05) is 6.42 Å². The van der Waals surface area contributed by atoms with Gasteiger partial charge >= 0.3 is 0 Å². The zero-order valence-electron chi connectivity index (χ0n) is 11.9. The van der Waals surface area contributed by atoms with Gasteiger partial charge in [0.05, 0.1) is 0 Å². The van der Waals surface area contributed by atoms with Crippen molar-refractivity contribution in [2.45, 2.75) is 32.0 Å². The lowest BCUT2D eigenvalue weighted by atomic mass is 9.96. The number of benzene rings is 2. The minimum atomic E-state index is -0.992. The van der Waals surface area contributed by atoms with E-state index in [4.69, 9.17) is 4.74 Å². The average molecular weight is 290 g/mol. The van der Waals surface area contributed by atoms with Crippen molar-refractivity contribution in [3.05, 3.63) is 64.7 Å². The fourth-order valence-electron chi connectivity index (χ4n) is 2.67. The summed E-state index contributed by atoms with van der Waals surface area (Å²) in [5.74, 6) is -1.08. The highest BCUT2D eigenvalue weighted by molar-refractivity contribution is 5.44. The molecule has 0 aliphatic carbocycles. The van der Waals surface area contributed by atoms with Crippen LogP contribution in [0.25, 0.3) is 0 Å². The fourth-order valence-corrected chi connectivity index (χ4v) is 2.67. The molecule has 1 atom stereocenters. The van der Waals surface area contributed by atoms with E-state index in [1.807, 2.05) is 26.0 Å². The van der Waals surface area contributed by atoms with E-state index in [1.54, 1.807) is 6.07 Å². The first kappa shape index (κ1) is 14.0. The fraction of sp³-hybridized carbons (Fsp3) is 0.294. The molecule has 1 N–H and O–H groups in total. The Labute approximate surface area is 122 Å². The van der Waals surface area contributed by atoms with E-state index in [9.17, 15) is 13.9 Å². The molecule has 3 rings (SSSR count). The molecule has 1 aliphatic rings. The maximum absolute atomic E-state index is 13.3. The Morgan fingerprint density at radius 2 is 1.71 bits per heavy atom. The van der Waals surface area contributed by atoms with Crippen molar-refractivity contribution in [3.63, 3.8) is 0 Å². The second-order valence-electron chi connectivity index (χ2n) is 5.98. The first-order valence-corrected chi connectivity index (χ1v) is 6.80. The number of rotatable bonds is 2. The maximum atomic E-state index is 13.3. The van der Waals surface area contributed by atoms with Crippen molar-refractivity contribution in [1.82, 2.24) is 0 Å². The number of aliphatic hydroxyl groups is 1. The molecule has 110 valence electrons. The molecule has 1 unspecified atom stereocenters. The van der Waals surface area contributed by atoms with Crippen LogP contribution in [0.2, 0.25) is 0 Å². The summed E-state index contributed by atoms with van der Waals surface area (Å²) in [7, 11) is 0. The van der Waals surface area contributed by atoms with Crippen molar-refractivity contribution in [1.29, 1.82) is 0 Å². The quantitative estimate of drug-likeness (QED) is 0.912. The Morgan fingerprint density at radius 1 is 1.05 bits per heavy atom. The number of hydrogen-bond donors (Lipinski definition) is 1. The third-order valence-corrected chi connectivity index (χ3v) is 3.66. The topological polar surface area (TPSA) is 29.5 Å². The Kier molecular flexibility index (Phi) is 3.21. The minimum Gasteiger partial charge on any atom is -0.487 e. The van der Waals surface area contributed by atoms with Crippen molar-refractivity contribution in [2.24, 2.45) is 0 Å². The summed E-state index contributed by atoms with van der Waals surface area (Å²) in [5.41, 5.74) is 1.72. The Hall–Kier alpha value is -1.94. The molecule has 0 fully saturated rings. The Morgan fingerprint density at radius 3 is 2.43 bits per heavy atom. The molecular formula is C17H16F2O2. The van der Waals surface area contributed by atoms with E-state index in [2.05, 4.69) is 0 Å². The summed E-state index contributed by atoms with van der Waals surface area (Å²) in [4.78, 5) is 0. The Bertz CT molecular complexity index is 695. The monoisotopic (exact) mass is 290 g/mol. The lowest BCUT2D eigenvalue weighted by Crippen LogP contribution is -2.24. The first-order chi connectivity index (χ1) is 9.85. The summed E-state index contributed by atoms with van der Waals surface area (Å²) in [6.45, 7) is 4.00. The van der Waals surface area contributed by atoms with Crippen LogP contribution < -0.4 is 4.74 Å². The molecule has 0 radical (unpaired) electrons. The number of ether oxygens (including phenoxy) is 1. The maximum Gasteiger partial charge on any atom is 0.159 e. The highest BCUT2D eigenvalue weighted by atomic mass is 19.2. The second kappa shape index (κ2) is 4.81. The van der Waals surface area contributed by atoms with Gasteiger partial charge in [0.25, 0.3) is 0 Å². The van der Waals surface area contributed by atoms with Crippen molar-refractivity contribution >= 4 is 0 Å². The average Bonchev–Trinajstić information content (AvgIpc) is 2.73. The summed E-state index contributed by atoms with van der Waals surface area (Å²) in [5, 5.41) is 10.3. The van der Waals surface area contributed by atoms with E-state index >= 15 is 0 Å².